The number of halogens is 1. The number of fused-ring (bicyclic) bond motifs is 1. The van der Waals surface area contributed by atoms with Crippen molar-refractivity contribution in [2.75, 3.05) is 39.6 Å². The van der Waals surface area contributed by atoms with E-state index in [0.717, 1.165) is 38.2 Å². The summed E-state index contributed by atoms with van der Waals surface area (Å²) in [6.07, 6.45) is 4.09. The number of carbonyl (C=O) groups excluding carboxylic acids is 1. The first-order valence-electron chi connectivity index (χ1n) is 12.3. The lowest BCUT2D eigenvalue weighted by atomic mass is 9.79. The summed E-state index contributed by atoms with van der Waals surface area (Å²) < 4.78 is 26.5. The number of thiophene rings is 1. The highest BCUT2D eigenvalue weighted by Crippen LogP contribution is 2.35. The highest BCUT2D eigenvalue weighted by Gasteiger charge is 2.31. The molecule has 1 fully saturated rings. The highest BCUT2D eigenvalue weighted by molar-refractivity contribution is 8.01. The molecule has 0 saturated carbocycles. The number of methoxy groups -OCH3 is 2. The van der Waals surface area contributed by atoms with Crippen molar-refractivity contribution in [1.29, 1.82) is 0 Å². The summed E-state index contributed by atoms with van der Waals surface area (Å²) in [5, 5.41) is 2.79. The van der Waals surface area contributed by atoms with Gasteiger partial charge in [0.2, 0.25) is 0 Å². The van der Waals surface area contributed by atoms with Crippen molar-refractivity contribution < 1.29 is 18.7 Å². The molecular weight excluding hydrogens is 497 g/mol. The van der Waals surface area contributed by atoms with Gasteiger partial charge in [0.25, 0.3) is 0 Å². The number of carbonyl (C=O) groups is 1. The zero-order valence-corrected chi connectivity index (χ0v) is 22.5. The van der Waals surface area contributed by atoms with Crippen LogP contribution >= 0.6 is 23.1 Å². The normalized spacial score (nSPS) is 19.3. The van der Waals surface area contributed by atoms with Crippen LogP contribution in [0.15, 0.2) is 46.1 Å². The van der Waals surface area contributed by atoms with Crippen LogP contribution in [0.3, 0.4) is 0 Å². The van der Waals surface area contributed by atoms with Gasteiger partial charge in [0.15, 0.2) is 0 Å². The SMILES string of the molecule is COC(=O)CC1CN(CCSc2cccs2)CCC1CCC(N)c1c(F)cnc2ccc(OC)cc12. The monoisotopic (exact) mass is 531 g/mol. The smallest absolute Gasteiger partial charge is 0.305 e. The fourth-order valence-electron chi connectivity index (χ4n) is 5.10. The van der Waals surface area contributed by atoms with Crippen LogP contribution in [-0.4, -0.2) is 55.5 Å². The molecule has 9 heteroatoms. The number of rotatable bonds is 11. The summed E-state index contributed by atoms with van der Waals surface area (Å²) >= 11 is 3.64. The zero-order valence-electron chi connectivity index (χ0n) is 20.8. The number of hydrogen-bond acceptors (Lipinski definition) is 8. The van der Waals surface area contributed by atoms with E-state index in [1.165, 1.54) is 17.5 Å². The fourth-order valence-corrected chi connectivity index (χ4v) is 6.96. The summed E-state index contributed by atoms with van der Waals surface area (Å²) in [5.74, 6) is 1.63. The van der Waals surface area contributed by atoms with Gasteiger partial charge < -0.3 is 20.1 Å². The Morgan fingerprint density at radius 1 is 1.33 bits per heavy atom. The molecule has 6 nitrogen and oxygen atoms in total. The number of ether oxygens (including phenoxy) is 2. The van der Waals surface area contributed by atoms with Gasteiger partial charge >= 0.3 is 5.97 Å². The lowest BCUT2D eigenvalue weighted by molar-refractivity contribution is -0.142. The third kappa shape index (κ3) is 6.76. The molecule has 0 amide bonds. The Bertz CT molecular complexity index is 1140. The number of likely N-dealkylation sites (tertiary alicyclic amines) is 1. The van der Waals surface area contributed by atoms with Crippen molar-refractivity contribution >= 4 is 40.0 Å². The van der Waals surface area contributed by atoms with E-state index in [9.17, 15) is 9.18 Å². The van der Waals surface area contributed by atoms with Gasteiger partial charge in [-0.3, -0.25) is 9.78 Å². The van der Waals surface area contributed by atoms with Crippen molar-refractivity contribution in [3.05, 3.63) is 53.3 Å². The van der Waals surface area contributed by atoms with Gasteiger partial charge in [-0.05, 0) is 67.3 Å². The van der Waals surface area contributed by atoms with Gasteiger partial charge in [0.1, 0.15) is 11.6 Å². The second-order valence-electron chi connectivity index (χ2n) is 9.26. The molecule has 2 N–H and O–H groups in total. The Hall–Kier alpha value is -2.20. The number of nitrogens with two attached hydrogens (primary N) is 1. The molecule has 3 aromatic rings. The number of aromatic nitrogens is 1. The van der Waals surface area contributed by atoms with E-state index in [1.807, 2.05) is 23.9 Å². The molecule has 2 aromatic heterocycles. The third-order valence-electron chi connectivity index (χ3n) is 7.07. The summed E-state index contributed by atoms with van der Waals surface area (Å²) in [6, 6.07) is 9.19. The Balaban J connectivity index is 1.40. The Labute approximate surface area is 220 Å². The van der Waals surface area contributed by atoms with Crippen LogP contribution in [-0.2, 0) is 9.53 Å². The summed E-state index contributed by atoms with van der Waals surface area (Å²) in [7, 11) is 3.03. The Morgan fingerprint density at radius 2 is 2.19 bits per heavy atom. The molecule has 4 rings (SSSR count). The van der Waals surface area contributed by atoms with Crippen LogP contribution in [0.1, 0.15) is 37.3 Å². The first kappa shape index (κ1) is 26.9. The molecule has 0 spiro atoms. The van der Waals surface area contributed by atoms with Crippen LogP contribution in [0.25, 0.3) is 10.9 Å². The van der Waals surface area contributed by atoms with Gasteiger partial charge in [-0.2, -0.15) is 0 Å². The number of hydrogen-bond donors (Lipinski definition) is 1. The predicted molar refractivity (Wildman–Crippen MR) is 144 cm³/mol. The number of esters is 1. The second-order valence-corrected chi connectivity index (χ2v) is 11.6. The van der Waals surface area contributed by atoms with Crippen LogP contribution in [0.5, 0.6) is 5.75 Å². The molecule has 1 aromatic carbocycles. The topological polar surface area (TPSA) is 77.7 Å². The molecule has 0 bridgehead atoms. The van der Waals surface area contributed by atoms with E-state index in [4.69, 9.17) is 15.2 Å². The minimum absolute atomic E-state index is 0.178. The first-order chi connectivity index (χ1) is 17.5. The number of nitrogens with zero attached hydrogens (tertiary/aromatic N) is 2. The summed E-state index contributed by atoms with van der Waals surface area (Å²) in [6.45, 7) is 2.85. The molecule has 0 aliphatic carbocycles. The third-order valence-corrected chi connectivity index (χ3v) is 9.18. The van der Waals surface area contributed by atoms with Crippen molar-refractivity contribution in [3.63, 3.8) is 0 Å². The summed E-state index contributed by atoms with van der Waals surface area (Å²) in [4.78, 5) is 18.8. The molecule has 1 aliphatic rings. The van der Waals surface area contributed by atoms with Gasteiger partial charge in [-0.1, -0.05) is 6.07 Å². The molecule has 36 heavy (non-hydrogen) atoms. The Morgan fingerprint density at radius 3 is 2.94 bits per heavy atom. The van der Waals surface area contributed by atoms with E-state index >= 15 is 0 Å². The molecule has 3 unspecified atom stereocenters. The van der Waals surface area contributed by atoms with Crippen molar-refractivity contribution in [3.8, 4) is 5.75 Å². The number of benzene rings is 1. The fraction of sp³-hybridized carbons (Fsp3) is 0.481. The van der Waals surface area contributed by atoms with E-state index in [1.54, 1.807) is 24.5 Å². The lowest BCUT2D eigenvalue weighted by Crippen LogP contribution is -2.42. The standard InChI is InChI=1S/C27H34FN3O3S2/c1-33-20-6-8-24-21(15-20)27(22(28)16-30-24)23(29)7-5-18-9-10-31(17-19(18)14-25(32)34-2)11-13-36-26-4-3-12-35-26/h3-4,6,8,12,15-16,18-19,23H,5,7,9-11,13-14,17,29H2,1-2H3. The number of piperidine rings is 1. The summed E-state index contributed by atoms with van der Waals surface area (Å²) in [5.41, 5.74) is 7.74. The largest absolute Gasteiger partial charge is 0.497 e. The van der Waals surface area contributed by atoms with Gasteiger partial charge in [0.05, 0.1) is 30.1 Å². The Kier molecular flexibility index (Phi) is 9.59. The lowest BCUT2D eigenvalue weighted by Gasteiger charge is -2.38. The van der Waals surface area contributed by atoms with E-state index in [0.29, 0.717) is 41.0 Å². The van der Waals surface area contributed by atoms with Crippen LogP contribution in [0.2, 0.25) is 0 Å². The maximum atomic E-state index is 14.9. The van der Waals surface area contributed by atoms with Gasteiger partial charge in [-0.15, -0.1) is 23.1 Å². The average Bonchev–Trinajstić information content (AvgIpc) is 3.41. The number of pyridine rings is 1. The van der Waals surface area contributed by atoms with Crippen LogP contribution < -0.4 is 10.5 Å². The van der Waals surface area contributed by atoms with E-state index in [-0.39, 0.29) is 11.9 Å². The minimum Gasteiger partial charge on any atom is -0.497 e. The molecule has 194 valence electrons. The maximum Gasteiger partial charge on any atom is 0.305 e. The average molecular weight is 532 g/mol. The molecule has 0 radical (unpaired) electrons. The van der Waals surface area contributed by atoms with Gasteiger partial charge in [-0.25, -0.2) is 4.39 Å². The van der Waals surface area contributed by atoms with Gasteiger partial charge in [0, 0.05) is 42.3 Å². The molecule has 1 aliphatic heterocycles. The van der Waals surface area contributed by atoms with Crippen molar-refractivity contribution in [2.24, 2.45) is 17.6 Å². The molecule has 3 heterocycles. The van der Waals surface area contributed by atoms with Crippen molar-refractivity contribution in [2.45, 2.75) is 35.9 Å². The zero-order chi connectivity index (χ0) is 25.5. The predicted octanol–water partition coefficient (Wildman–Crippen LogP) is 5.52. The highest BCUT2D eigenvalue weighted by atomic mass is 32.2. The van der Waals surface area contributed by atoms with Crippen LogP contribution in [0, 0.1) is 17.7 Å². The maximum absolute atomic E-state index is 14.9. The van der Waals surface area contributed by atoms with Crippen molar-refractivity contribution in [1.82, 2.24) is 9.88 Å². The molecule has 1 saturated heterocycles. The van der Waals surface area contributed by atoms with E-state index in [2.05, 4.69) is 27.4 Å². The molecule has 3 atom stereocenters. The minimum atomic E-state index is -0.471. The number of thioether (sulfide) groups is 1. The van der Waals surface area contributed by atoms with E-state index < -0.39 is 11.9 Å². The van der Waals surface area contributed by atoms with Crippen LogP contribution in [0.4, 0.5) is 4.39 Å². The quantitative estimate of drug-likeness (QED) is 0.258. The first-order valence-corrected chi connectivity index (χ1v) is 14.2. The second kappa shape index (κ2) is 12.9. The molecular formula is C27H34FN3O3S2.